The Labute approximate surface area is 99.6 Å². The number of rotatable bonds is 5. The van der Waals surface area contributed by atoms with Crippen molar-refractivity contribution in [1.82, 2.24) is 0 Å². The van der Waals surface area contributed by atoms with Crippen molar-refractivity contribution in [2.24, 2.45) is 0 Å². The van der Waals surface area contributed by atoms with Crippen molar-refractivity contribution in [2.45, 2.75) is 6.92 Å². The highest BCUT2D eigenvalue weighted by atomic mass is 35.5. The van der Waals surface area contributed by atoms with Crippen LogP contribution in [0.3, 0.4) is 0 Å². The van der Waals surface area contributed by atoms with Gasteiger partial charge in [0.15, 0.2) is 6.61 Å². The summed E-state index contributed by atoms with van der Waals surface area (Å²) in [6.45, 7) is 5.52. The topological polar surface area (TPSA) is 35.5 Å². The molecular formula is C12H13ClO3. The maximum atomic E-state index is 11.2. The molecule has 3 nitrogen and oxygen atoms in total. The number of hydrogen-bond donors (Lipinski definition) is 0. The van der Waals surface area contributed by atoms with Crippen LogP contribution in [0, 0.1) is 0 Å². The number of benzene rings is 1. The van der Waals surface area contributed by atoms with E-state index < -0.39 is 5.97 Å². The molecule has 0 atom stereocenters. The second-order valence-electron chi connectivity index (χ2n) is 3.36. The number of esters is 1. The first-order chi connectivity index (χ1) is 7.58. The fraction of sp³-hybridized carbons (Fsp3) is 0.250. The van der Waals surface area contributed by atoms with Crippen molar-refractivity contribution in [3.8, 4) is 5.75 Å². The van der Waals surface area contributed by atoms with Crippen molar-refractivity contribution in [3.63, 3.8) is 0 Å². The van der Waals surface area contributed by atoms with Gasteiger partial charge in [0.2, 0.25) is 0 Å². The maximum absolute atomic E-state index is 11.2. The number of carbonyl (C=O) groups is 1. The minimum atomic E-state index is -0.419. The SMILES string of the molecule is C=C(C)COC(=O)COc1ccc(Cl)cc1. The van der Waals surface area contributed by atoms with E-state index in [0.29, 0.717) is 10.8 Å². The highest BCUT2D eigenvalue weighted by molar-refractivity contribution is 6.30. The molecule has 0 amide bonds. The first-order valence-corrected chi connectivity index (χ1v) is 5.14. The molecule has 0 N–H and O–H groups in total. The van der Waals surface area contributed by atoms with Crippen LogP contribution in [0.4, 0.5) is 0 Å². The van der Waals surface area contributed by atoms with Gasteiger partial charge in [-0.05, 0) is 36.8 Å². The molecular weight excluding hydrogens is 228 g/mol. The summed E-state index contributed by atoms with van der Waals surface area (Å²) >= 11 is 5.70. The summed E-state index contributed by atoms with van der Waals surface area (Å²) in [4.78, 5) is 11.2. The zero-order valence-corrected chi connectivity index (χ0v) is 9.79. The van der Waals surface area contributed by atoms with E-state index in [4.69, 9.17) is 21.1 Å². The van der Waals surface area contributed by atoms with E-state index in [1.165, 1.54) is 0 Å². The van der Waals surface area contributed by atoms with Gasteiger partial charge in [-0.3, -0.25) is 0 Å². The Morgan fingerprint density at radius 1 is 1.31 bits per heavy atom. The molecule has 0 fully saturated rings. The predicted octanol–water partition coefficient (Wildman–Crippen LogP) is 2.84. The largest absolute Gasteiger partial charge is 0.482 e. The van der Waals surface area contributed by atoms with Crippen LogP contribution in [0.15, 0.2) is 36.4 Å². The van der Waals surface area contributed by atoms with E-state index in [1.807, 2.05) is 0 Å². The summed E-state index contributed by atoms with van der Waals surface area (Å²) in [5.41, 5.74) is 0.792. The molecule has 16 heavy (non-hydrogen) atoms. The van der Waals surface area contributed by atoms with Crippen molar-refractivity contribution < 1.29 is 14.3 Å². The fourth-order valence-corrected chi connectivity index (χ4v) is 1.04. The third-order valence-electron chi connectivity index (χ3n) is 1.65. The molecule has 0 saturated heterocycles. The summed E-state index contributed by atoms with van der Waals surface area (Å²) in [7, 11) is 0. The Balaban J connectivity index is 2.31. The van der Waals surface area contributed by atoms with Crippen LogP contribution >= 0.6 is 11.6 Å². The molecule has 0 heterocycles. The first-order valence-electron chi connectivity index (χ1n) is 4.76. The lowest BCUT2D eigenvalue weighted by Crippen LogP contribution is -2.15. The number of ether oxygens (including phenoxy) is 2. The molecule has 1 aromatic rings. The van der Waals surface area contributed by atoms with Gasteiger partial charge in [0, 0.05) is 5.02 Å². The molecule has 1 rings (SSSR count). The monoisotopic (exact) mass is 240 g/mol. The van der Waals surface area contributed by atoms with Crippen molar-refractivity contribution in [3.05, 3.63) is 41.4 Å². The zero-order chi connectivity index (χ0) is 12.0. The average Bonchev–Trinajstić information content (AvgIpc) is 2.25. The van der Waals surface area contributed by atoms with E-state index in [9.17, 15) is 4.79 Å². The molecule has 86 valence electrons. The molecule has 0 saturated carbocycles. The Hall–Kier alpha value is -1.48. The summed E-state index contributed by atoms with van der Waals surface area (Å²) in [6, 6.07) is 6.76. The molecule has 0 spiro atoms. The maximum Gasteiger partial charge on any atom is 0.344 e. The number of halogens is 1. The molecule has 0 unspecified atom stereocenters. The minimum Gasteiger partial charge on any atom is -0.482 e. The molecule has 1 aromatic carbocycles. The van der Waals surface area contributed by atoms with Crippen LogP contribution in [-0.2, 0) is 9.53 Å². The third kappa shape index (κ3) is 4.84. The van der Waals surface area contributed by atoms with Crippen molar-refractivity contribution in [2.75, 3.05) is 13.2 Å². The quantitative estimate of drug-likeness (QED) is 0.587. The van der Waals surface area contributed by atoms with E-state index in [-0.39, 0.29) is 13.2 Å². The van der Waals surface area contributed by atoms with Gasteiger partial charge in [0.25, 0.3) is 0 Å². The Morgan fingerprint density at radius 2 is 1.94 bits per heavy atom. The zero-order valence-electron chi connectivity index (χ0n) is 9.03. The first kappa shape index (κ1) is 12.6. The smallest absolute Gasteiger partial charge is 0.344 e. The normalized spacial score (nSPS) is 9.62. The van der Waals surface area contributed by atoms with Crippen LogP contribution in [0.25, 0.3) is 0 Å². The molecule has 0 aromatic heterocycles. The van der Waals surface area contributed by atoms with E-state index >= 15 is 0 Å². The minimum absolute atomic E-state index is 0.116. The molecule has 4 heteroatoms. The molecule has 0 aliphatic carbocycles. The number of hydrogen-bond acceptors (Lipinski definition) is 3. The lowest BCUT2D eigenvalue weighted by Gasteiger charge is -2.06. The standard InChI is InChI=1S/C12H13ClO3/c1-9(2)7-16-12(14)8-15-11-5-3-10(13)4-6-11/h3-6H,1,7-8H2,2H3. The van der Waals surface area contributed by atoms with Gasteiger partial charge in [0.1, 0.15) is 12.4 Å². The second-order valence-corrected chi connectivity index (χ2v) is 3.80. The van der Waals surface area contributed by atoms with Crippen LogP contribution < -0.4 is 4.74 Å². The van der Waals surface area contributed by atoms with Crippen LogP contribution in [-0.4, -0.2) is 19.2 Å². The van der Waals surface area contributed by atoms with Crippen LogP contribution in [0.5, 0.6) is 5.75 Å². The van der Waals surface area contributed by atoms with Gasteiger partial charge < -0.3 is 9.47 Å². The molecule has 0 radical (unpaired) electrons. The highest BCUT2D eigenvalue weighted by Gasteiger charge is 2.03. The van der Waals surface area contributed by atoms with Gasteiger partial charge in [0.05, 0.1) is 0 Å². The average molecular weight is 241 g/mol. The Morgan fingerprint density at radius 3 is 2.50 bits per heavy atom. The van der Waals surface area contributed by atoms with E-state index in [2.05, 4.69) is 6.58 Å². The van der Waals surface area contributed by atoms with Gasteiger partial charge >= 0.3 is 5.97 Å². The predicted molar refractivity (Wildman–Crippen MR) is 62.7 cm³/mol. The van der Waals surface area contributed by atoms with Crippen LogP contribution in [0.2, 0.25) is 5.02 Å². The van der Waals surface area contributed by atoms with Gasteiger partial charge in [-0.2, -0.15) is 0 Å². The summed E-state index contributed by atoms with van der Waals surface area (Å²) in [5, 5.41) is 0.622. The number of carbonyl (C=O) groups excluding carboxylic acids is 1. The summed E-state index contributed by atoms with van der Waals surface area (Å²) < 4.78 is 10.1. The Bertz CT molecular complexity index is 370. The van der Waals surface area contributed by atoms with E-state index in [1.54, 1.807) is 31.2 Å². The third-order valence-corrected chi connectivity index (χ3v) is 1.90. The van der Waals surface area contributed by atoms with Crippen LogP contribution in [0.1, 0.15) is 6.92 Å². The highest BCUT2D eigenvalue weighted by Crippen LogP contribution is 2.15. The second kappa shape index (κ2) is 6.18. The fourth-order valence-electron chi connectivity index (χ4n) is 0.918. The van der Waals surface area contributed by atoms with Gasteiger partial charge in [-0.15, -0.1) is 0 Å². The molecule has 0 aliphatic rings. The van der Waals surface area contributed by atoms with E-state index in [0.717, 1.165) is 5.57 Å². The Kier molecular flexibility index (Phi) is 4.86. The lowest BCUT2D eigenvalue weighted by molar-refractivity contribution is -0.145. The molecule has 0 bridgehead atoms. The molecule has 0 aliphatic heterocycles. The van der Waals surface area contributed by atoms with Crippen molar-refractivity contribution in [1.29, 1.82) is 0 Å². The summed E-state index contributed by atoms with van der Waals surface area (Å²) in [5.74, 6) is 0.162. The van der Waals surface area contributed by atoms with Gasteiger partial charge in [-0.1, -0.05) is 18.2 Å². The lowest BCUT2D eigenvalue weighted by atomic mass is 10.3. The summed E-state index contributed by atoms with van der Waals surface area (Å²) in [6.07, 6.45) is 0. The van der Waals surface area contributed by atoms with Crippen molar-refractivity contribution >= 4 is 17.6 Å². The van der Waals surface area contributed by atoms with Gasteiger partial charge in [-0.25, -0.2) is 4.79 Å².